The van der Waals surface area contributed by atoms with Crippen molar-refractivity contribution in [3.63, 3.8) is 0 Å². The van der Waals surface area contributed by atoms with Gasteiger partial charge in [-0.3, -0.25) is 9.88 Å². The van der Waals surface area contributed by atoms with Crippen molar-refractivity contribution in [2.45, 2.75) is 39.6 Å². The van der Waals surface area contributed by atoms with Gasteiger partial charge in [-0.2, -0.15) is 0 Å². The Morgan fingerprint density at radius 2 is 1.57 bits per heavy atom. The van der Waals surface area contributed by atoms with Crippen molar-refractivity contribution in [1.29, 1.82) is 0 Å². The molecule has 0 aliphatic heterocycles. The van der Waals surface area contributed by atoms with E-state index < -0.39 is 0 Å². The van der Waals surface area contributed by atoms with Crippen LogP contribution in [-0.4, -0.2) is 34.0 Å². The van der Waals surface area contributed by atoms with Crippen molar-refractivity contribution >= 4 is 28.8 Å². The largest absolute Gasteiger partial charge is 0.444 e. The van der Waals surface area contributed by atoms with Crippen molar-refractivity contribution in [3.8, 4) is 0 Å². The van der Waals surface area contributed by atoms with Gasteiger partial charge in [0, 0.05) is 48.7 Å². The Hall–Kier alpha value is -3.00. The molecule has 0 fully saturated rings. The summed E-state index contributed by atoms with van der Waals surface area (Å²) in [5.41, 5.74) is 4.14. The fourth-order valence-corrected chi connectivity index (χ4v) is 5.35. The SMILES string of the molecule is Cc1ccc(CN(CCCN(Cc2ccccc2)C(=O)OCc2cncs2)Cc2ccccc2)s1. The number of aromatic nitrogens is 1. The summed E-state index contributed by atoms with van der Waals surface area (Å²) in [5, 5.41) is 0. The lowest BCUT2D eigenvalue weighted by atomic mass is 10.2. The number of carbonyl (C=O) groups is 1. The van der Waals surface area contributed by atoms with E-state index in [2.05, 4.69) is 59.3 Å². The Labute approximate surface area is 215 Å². The van der Waals surface area contributed by atoms with E-state index in [4.69, 9.17) is 4.74 Å². The molecule has 0 atom stereocenters. The Balaban J connectivity index is 1.38. The van der Waals surface area contributed by atoms with E-state index in [1.54, 1.807) is 11.7 Å². The Kier molecular flexibility index (Phi) is 9.46. The average molecular weight is 506 g/mol. The van der Waals surface area contributed by atoms with Crippen LogP contribution in [0.15, 0.2) is 84.5 Å². The fourth-order valence-electron chi connectivity index (χ4n) is 3.91. The molecule has 2 aromatic heterocycles. The zero-order valence-corrected chi connectivity index (χ0v) is 21.6. The van der Waals surface area contributed by atoms with Crippen LogP contribution in [0.2, 0.25) is 0 Å². The molecule has 2 heterocycles. The maximum absolute atomic E-state index is 13.0. The highest BCUT2D eigenvalue weighted by atomic mass is 32.1. The summed E-state index contributed by atoms with van der Waals surface area (Å²) >= 11 is 3.34. The smallest absolute Gasteiger partial charge is 0.410 e. The van der Waals surface area contributed by atoms with Gasteiger partial charge in [0.25, 0.3) is 0 Å². The number of amides is 1. The number of hydrogen-bond donors (Lipinski definition) is 0. The third-order valence-electron chi connectivity index (χ3n) is 5.62. The standard InChI is InChI=1S/C28H31N3O2S2/c1-23-13-14-26(35-23)20-30(18-24-9-4-2-5-10-24)15-8-16-31(19-25-11-6-3-7-12-25)28(32)33-21-27-17-29-22-34-27/h2-7,9-14,17,22H,8,15-16,18-21H2,1H3. The first-order chi connectivity index (χ1) is 17.2. The molecular formula is C28H31N3O2S2. The first-order valence-electron chi connectivity index (χ1n) is 11.8. The summed E-state index contributed by atoms with van der Waals surface area (Å²) in [5.74, 6) is 0. The monoisotopic (exact) mass is 505 g/mol. The molecule has 0 spiro atoms. The zero-order chi connectivity index (χ0) is 24.3. The summed E-state index contributed by atoms with van der Waals surface area (Å²) in [7, 11) is 0. The molecule has 0 aliphatic carbocycles. The number of rotatable bonds is 12. The van der Waals surface area contributed by atoms with E-state index in [0.717, 1.165) is 36.5 Å². The van der Waals surface area contributed by atoms with Crippen LogP contribution in [-0.2, 0) is 31.0 Å². The number of thiazole rings is 1. The van der Waals surface area contributed by atoms with E-state index in [9.17, 15) is 4.79 Å². The molecule has 4 aromatic rings. The van der Waals surface area contributed by atoms with E-state index in [1.807, 2.05) is 46.6 Å². The molecule has 0 bridgehead atoms. The maximum atomic E-state index is 13.0. The second-order valence-corrected chi connectivity index (χ2v) is 10.8. The van der Waals surface area contributed by atoms with Gasteiger partial charge in [-0.05, 0) is 36.6 Å². The van der Waals surface area contributed by atoms with Gasteiger partial charge in [-0.1, -0.05) is 60.7 Å². The van der Waals surface area contributed by atoms with Gasteiger partial charge in [0.15, 0.2) is 0 Å². The first kappa shape index (κ1) is 25.1. The minimum Gasteiger partial charge on any atom is -0.444 e. The van der Waals surface area contributed by atoms with E-state index in [0.29, 0.717) is 13.1 Å². The number of ether oxygens (including phenoxy) is 1. The second kappa shape index (κ2) is 13.2. The van der Waals surface area contributed by atoms with Crippen molar-refractivity contribution in [2.24, 2.45) is 0 Å². The molecule has 2 aromatic carbocycles. The van der Waals surface area contributed by atoms with Crippen LogP contribution in [0.5, 0.6) is 0 Å². The van der Waals surface area contributed by atoms with Gasteiger partial charge in [0.1, 0.15) is 6.61 Å². The van der Waals surface area contributed by atoms with Gasteiger partial charge in [-0.25, -0.2) is 4.79 Å². The number of thiophene rings is 1. The molecule has 35 heavy (non-hydrogen) atoms. The Morgan fingerprint density at radius 3 is 2.20 bits per heavy atom. The minimum absolute atomic E-state index is 0.257. The maximum Gasteiger partial charge on any atom is 0.410 e. The van der Waals surface area contributed by atoms with Gasteiger partial charge in [0.2, 0.25) is 0 Å². The summed E-state index contributed by atoms with van der Waals surface area (Å²) in [4.78, 5) is 25.0. The molecule has 0 radical (unpaired) electrons. The summed E-state index contributed by atoms with van der Waals surface area (Å²) in [6.07, 6.45) is 2.32. The molecule has 1 amide bonds. The number of benzene rings is 2. The van der Waals surface area contributed by atoms with Crippen molar-refractivity contribution in [1.82, 2.24) is 14.8 Å². The molecule has 5 nitrogen and oxygen atoms in total. The molecule has 182 valence electrons. The number of nitrogens with zero attached hydrogens (tertiary/aromatic N) is 3. The van der Waals surface area contributed by atoms with Crippen LogP contribution in [0, 0.1) is 6.92 Å². The predicted molar refractivity (Wildman–Crippen MR) is 143 cm³/mol. The topological polar surface area (TPSA) is 45.7 Å². The van der Waals surface area contributed by atoms with Crippen LogP contribution in [0.25, 0.3) is 0 Å². The Morgan fingerprint density at radius 1 is 0.857 bits per heavy atom. The van der Waals surface area contributed by atoms with E-state index in [-0.39, 0.29) is 12.7 Å². The third kappa shape index (κ3) is 8.31. The number of hydrogen-bond acceptors (Lipinski definition) is 6. The van der Waals surface area contributed by atoms with Gasteiger partial charge in [-0.15, -0.1) is 22.7 Å². The molecule has 0 N–H and O–H groups in total. The van der Waals surface area contributed by atoms with Crippen LogP contribution >= 0.6 is 22.7 Å². The summed E-state index contributed by atoms with van der Waals surface area (Å²) < 4.78 is 5.62. The molecule has 0 saturated carbocycles. The third-order valence-corrected chi connectivity index (χ3v) is 7.36. The van der Waals surface area contributed by atoms with Crippen molar-refractivity contribution in [2.75, 3.05) is 13.1 Å². The fraction of sp³-hybridized carbons (Fsp3) is 0.286. The van der Waals surface area contributed by atoms with E-state index >= 15 is 0 Å². The molecule has 7 heteroatoms. The summed E-state index contributed by atoms with van der Waals surface area (Å²) in [6, 6.07) is 25.1. The lowest BCUT2D eigenvalue weighted by Gasteiger charge is -2.26. The van der Waals surface area contributed by atoms with Gasteiger partial charge >= 0.3 is 6.09 Å². The van der Waals surface area contributed by atoms with Crippen molar-refractivity contribution < 1.29 is 9.53 Å². The number of aryl methyl sites for hydroxylation is 1. The highest BCUT2D eigenvalue weighted by molar-refractivity contribution is 7.11. The quantitative estimate of drug-likeness (QED) is 0.214. The van der Waals surface area contributed by atoms with Crippen LogP contribution in [0.4, 0.5) is 4.79 Å². The molecule has 4 rings (SSSR count). The van der Waals surface area contributed by atoms with Crippen LogP contribution in [0.3, 0.4) is 0 Å². The molecule has 0 saturated heterocycles. The normalized spacial score (nSPS) is 11.0. The number of carbonyl (C=O) groups excluding carboxylic acids is 1. The molecule has 0 unspecified atom stereocenters. The Bertz CT molecular complexity index is 1150. The van der Waals surface area contributed by atoms with Gasteiger partial charge in [0.05, 0.1) is 10.4 Å². The van der Waals surface area contributed by atoms with Gasteiger partial charge < -0.3 is 9.64 Å². The molecule has 0 aliphatic rings. The lowest BCUT2D eigenvalue weighted by molar-refractivity contribution is 0.0921. The highest BCUT2D eigenvalue weighted by Gasteiger charge is 2.17. The van der Waals surface area contributed by atoms with Crippen LogP contribution < -0.4 is 0 Å². The predicted octanol–water partition coefficient (Wildman–Crippen LogP) is 6.74. The minimum atomic E-state index is -0.286. The first-order valence-corrected chi connectivity index (χ1v) is 13.5. The average Bonchev–Trinajstić information content (AvgIpc) is 3.55. The van der Waals surface area contributed by atoms with Crippen molar-refractivity contribution in [3.05, 3.63) is 110 Å². The second-order valence-electron chi connectivity index (χ2n) is 8.49. The van der Waals surface area contributed by atoms with E-state index in [1.165, 1.54) is 26.7 Å². The van der Waals surface area contributed by atoms with Crippen LogP contribution in [0.1, 0.15) is 32.2 Å². The highest BCUT2D eigenvalue weighted by Crippen LogP contribution is 2.19. The molecular weight excluding hydrogens is 474 g/mol. The summed E-state index contributed by atoms with van der Waals surface area (Å²) in [6.45, 7) is 6.24. The lowest BCUT2D eigenvalue weighted by Crippen LogP contribution is -2.34. The zero-order valence-electron chi connectivity index (χ0n) is 20.0.